The molecule has 0 spiro atoms. The maximum absolute atomic E-state index is 11.7. The van der Waals surface area contributed by atoms with Gasteiger partial charge < -0.3 is 4.74 Å². The van der Waals surface area contributed by atoms with Crippen molar-refractivity contribution in [3.05, 3.63) is 41.7 Å². The number of benzene rings is 1. The van der Waals surface area contributed by atoms with Gasteiger partial charge in [0.15, 0.2) is 0 Å². The molecule has 0 atom stereocenters. The van der Waals surface area contributed by atoms with Crippen LogP contribution in [0.4, 0.5) is 0 Å². The Balaban J connectivity index is 2.30. The molecule has 1 heterocycles. The molecule has 6 heteroatoms. The number of rotatable bonds is 5. The number of nitrogens with zero attached hydrogens (tertiary/aromatic N) is 3. The van der Waals surface area contributed by atoms with Crippen LogP contribution in [0.3, 0.4) is 0 Å². The third-order valence-electron chi connectivity index (χ3n) is 2.80. The van der Waals surface area contributed by atoms with Crippen LogP contribution in [0.5, 0.6) is 0 Å². The molecular formula is C16H17N3O2S. The van der Waals surface area contributed by atoms with Crippen LogP contribution < -0.4 is 0 Å². The van der Waals surface area contributed by atoms with E-state index in [-0.39, 0.29) is 0 Å². The summed E-state index contributed by atoms with van der Waals surface area (Å²) in [5.74, 6) is -0.402. The van der Waals surface area contributed by atoms with Crippen LogP contribution in [-0.2, 0) is 4.74 Å². The van der Waals surface area contributed by atoms with Gasteiger partial charge >= 0.3 is 5.97 Å². The number of carbonyl (C=O) groups is 1. The average molecular weight is 315 g/mol. The first-order valence-electron chi connectivity index (χ1n) is 6.98. The normalized spacial score (nSPS) is 10.5. The van der Waals surface area contributed by atoms with E-state index < -0.39 is 5.97 Å². The predicted molar refractivity (Wildman–Crippen MR) is 85.2 cm³/mol. The molecule has 1 aromatic carbocycles. The Morgan fingerprint density at radius 3 is 2.91 bits per heavy atom. The lowest BCUT2D eigenvalue weighted by atomic mass is 10.2. The molecule has 0 fully saturated rings. The van der Waals surface area contributed by atoms with Crippen LogP contribution >= 0.6 is 11.8 Å². The van der Waals surface area contributed by atoms with Gasteiger partial charge in [0.2, 0.25) is 0 Å². The number of esters is 1. The van der Waals surface area contributed by atoms with Crippen LogP contribution in [0.2, 0.25) is 0 Å². The van der Waals surface area contributed by atoms with Gasteiger partial charge in [-0.15, -0.1) is 11.8 Å². The highest BCUT2D eigenvalue weighted by Crippen LogP contribution is 2.28. The van der Waals surface area contributed by atoms with Gasteiger partial charge in [-0.05, 0) is 25.1 Å². The van der Waals surface area contributed by atoms with Crippen LogP contribution in [0, 0.1) is 11.3 Å². The largest absolute Gasteiger partial charge is 0.462 e. The summed E-state index contributed by atoms with van der Waals surface area (Å²) in [5, 5.41) is 13.9. The molecule has 5 nitrogen and oxygen atoms in total. The molecule has 22 heavy (non-hydrogen) atoms. The van der Waals surface area contributed by atoms with E-state index in [1.54, 1.807) is 35.6 Å². The SMILES string of the molecule is CCOC(=O)c1cnn(-c2ccc(SC(C)C)c(C#N)c2)c1. The lowest BCUT2D eigenvalue weighted by Crippen LogP contribution is -2.03. The maximum Gasteiger partial charge on any atom is 0.341 e. The first-order chi connectivity index (χ1) is 10.5. The Morgan fingerprint density at radius 1 is 1.50 bits per heavy atom. The molecule has 0 saturated heterocycles. The molecule has 0 aliphatic carbocycles. The number of thioether (sulfide) groups is 1. The number of hydrogen-bond donors (Lipinski definition) is 0. The van der Waals surface area contributed by atoms with Gasteiger partial charge in [0, 0.05) is 16.3 Å². The van der Waals surface area contributed by atoms with Crippen molar-refractivity contribution in [2.24, 2.45) is 0 Å². The lowest BCUT2D eigenvalue weighted by Gasteiger charge is -2.09. The van der Waals surface area contributed by atoms with E-state index in [1.807, 2.05) is 12.1 Å². The van der Waals surface area contributed by atoms with Crippen LogP contribution in [0.1, 0.15) is 36.7 Å². The third-order valence-corrected chi connectivity index (χ3v) is 3.89. The monoisotopic (exact) mass is 315 g/mol. The van der Waals surface area contributed by atoms with E-state index >= 15 is 0 Å². The molecule has 0 amide bonds. The first kappa shape index (κ1) is 16.1. The fourth-order valence-electron chi connectivity index (χ4n) is 1.89. The van der Waals surface area contributed by atoms with Crippen LogP contribution in [0.25, 0.3) is 5.69 Å². The Bertz CT molecular complexity index is 716. The molecule has 0 bridgehead atoms. The molecule has 1 aromatic heterocycles. The van der Waals surface area contributed by atoms with Crippen molar-refractivity contribution in [1.29, 1.82) is 5.26 Å². The van der Waals surface area contributed by atoms with Crippen molar-refractivity contribution >= 4 is 17.7 Å². The standard InChI is InChI=1S/C16H17N3O2S/c1-4-21-16(20)13-9-18-19(10-13)14-5-6-15(22-11(2)3)12(7-14)8-17/h5-7,9-11H,4H2,1-3H3. The van der Waals surface area contributed by atoms with E-state index in [2.05, 4.69) is 25.0 Å². The predicted octanol–water partition coefficient (Wildman–Crippen LogP) is 3.42. The molecule has 114 valence electrons. The quantitative estimate of drug-likeness (QED) is 0.624. The second-order valence-corrected chi connectivity index (χ2v) is 6.47. The summed E-state index contributed by atoms with van der Waals surface area (Å²) in [4.78, 5) is 12.6. The molecule has 0 aliphatic heterocycles. The molecule has 0 N–H and O–H groups in total. The molecule has 0 unspecified atom stereocenters. The highest BCUT2D eigenvalue weighted by atomic mass is 32.2. The van der Waals surface area contributed by atoms with Gasteiger partial charge in [-0.3, -0.25) is 0 Å². The Labute approximate surface area is 133 Å². The number of nitriles is 1. The summed E-state index contributed by atoms with van der Waals surface area (Å²) in [5.41, 5.74) is 1.73. The van der Waals surface area contributed by atoms with Gasteiger partial charge in [0.1, 0.15) is 6.07 Å². The van der Waals surface area contributed by atoms with Gasteiger partial charge in [-0.2, -0.15) is 10.4 Å². The fourth-order valence-corrected chi connectivity index (χ4v) is 2.77. The van der Waals surface area contributed by atoms with Gasteiger partial charge in [-0.1, -0.05) is 13.8 Å². The van der Waals surface area contributed by atoms with E-state index in [1.165, 1.54) is 6.20 Å². The minimum atomic E-state index is -0.402. The molecule has 0 aliphatic rings. The topological polar surface area (TPSA) is 67.9 Å². The Kier molecular flexibility index (Phi) is 5.23. The van der Waals surface area contributed by atoms with Crippen molar-refractivity contribution < 1.29 is 9.53 Å². The van der Waals surface area contributed by atoms with Crippen LogP contribution in [-0.4, -0.2) is 27.6 Å². The zero-order valence-electron chi connectivity index (χ0n) is 12.7. The van der Waals surface area contributed by atoms with E-state index in [0.717, 1.165) is 10.6 Å². The summed E-state index contributed by atoms with van der Waals surface area (Å²) >= 11 is 1.64. The second-order valence-electron chi connectivity index (χ2n) is 4.85. The van der Waals surface area contributed by atoms with Crippen LogP contribution in [0.15, 0.2) is 35.5 Å². The number of ether oxygens (including phenoxy) is 1. The minimum absolute atomic E-state index is 0.323. The van der Waals surface area contributed by atoms with E-state index in [9.17, 15) is 10.1 Å². The van der Waals surface area contributed by atoms with Gasteiger partial charge in [0.25, 0.3) is 0 Å². The average Bonchev–Trinajstić information content (AvgIpc) is 2.97. The summed E-state index contributed by atoms with van der Waals surface area (Å²) in [6.45, 7) is 6.24. The van der Waals surface area contributed by atoms with Crippen molar-refractivity contribution in [2.45, 2.75) is 30.9 Å². The molecule has 2 rings (SSSR count). The Morgan fingerprint density at radius 2 is 2.27 bits per heavy atom. The third kappa shape index (κ3) is 3.68. The summed E-state index contributed by atoms with van der Waals surface area (Å²) in [7, 11) is 0. The summed E-state index contributed by atoms with van der Waals surface area (Å²) in [6, 6.07) is 7.77. The van der Waals surface area contributed by atoms with Crippen molar-refractivity contribution in [3.8, 4) is 11.8 Å². The second kappa shape index (κ2) is 7.14. The van der Waals surface area contributed by atoms with Gasteiger partial charge in [-0.25, -0.2) is 9.48 Å². The maximum atomic E-state index is 11.7. The molecule has 0 saturated carbocycles. The summed E-state index contributed by atoms with van der Waals surface area (Å²) < 4.78 is 6.50. The van der Waals surface area contributed by atoms with E-state index in [0.29, 0.717) is 23.0 Å². The number of hydrogen-bond acceptors (Lipinski definition) is 5. The number of carbonyl (C=O) groups excluding carboxylic acids is 1. The van der Waals surface area contributed by atoms with E-state index in [4.69, 9.17) is 4.74 Å². The molecular weight excluding hydrogens is 298 g/mol. The fraction of sp³-hybridized carbons (Fsp3) is 0.312. The highest BCUT2D eigenvalue weighted by molar-refractivity contribution is 8.00. The molecule has 0 radical (unpaired) electrons. The number of aromatic nitrogens is 2. The highest BCUT2D eigenvalue weighted by Gasteiger charge is 2.12. The van der Waals surface area contributed by atoms with Crippen molar-refractivity contribution in [2.75, 3.05) is 6.61 Å². The zero-order valence-corrected chi connectivity index (χ0v) is 13.6. The van der Waals surface area contributed by atoms with Crippen molar-refractivity contribution in [3.63, 3.8) is 0 Å². The van der Waals surface area contributed by atoms with Crippen molar-refractivity contribution in [1.82, 2.24) is 9.78 Å². The minimum Gasteiger partial charge on any atom is -0.462 e. The zero-order chi connectivity index (χ0) is 16.1. The molecule has 2 aromatic rings. The lowest BCUT2D eigenvalue weighted by molar-refractivity contribution is 0.0526. The Hall–Kier alpha value is -2.26. The summed E-state index contributed by atoms with van der Waals surface area (Å²) in [6.07, 6.45) is 3.06. The smallest absolute Gasteiger partial charge is 0.341 e. The first-order valence-corrected chi connectivity index (χ1v) is 7.86. The van der Waals surface area contributed by atoms with Gasteiger partial charge in [0.05, 0.1) is 29.6 Å².